The predicted octanol–water partition coefficient (Wildman–Crippen LogP) is 1.69. The number of hydrogen-bond donors (Lipinski definition) is 1. The standard InChI is InChI=1S/C14H24N2O2/c1-10(2)15-14(18)11-8-13(17)16(9-11)12-6-4-3-5-7-12/h10-12H,3-9H2,1-2H3,(H,15,18)/t11-/m0/s1. The molecule has 1 aliphatic carbocycles. The van der Waals surface area contributed by atoms with E-state index in [4.69, 9.17) is 0 Å². The van der Waals surface area contributed by atoms with Crippen molar-refractivity contribution in [1.82, 2.24) is 10.2 Å². The lowest BCUT2D eigenvalue weighted by atomic mass is 9.94. The van der Waals surface area contributed by atoms with Crippen molar-refractivity contribution in [3.63, 3.8) is 0 Å². The van der Waals surface area contributed by atoms with Crippen LogP contribution in [0.1, 0.15) is 52.4 Å². The first-order valence-corrected chi connectivity index (χ1v) is 7.17. The zero-order valence-electron chi connectivity index (χ0n) is 11.4. The molecule has 0 aromatic heterocycles. The van der Waals surface area contributed by atoms with E-state index in [1.165, 1.54) is 19.3 Å². The maximum Gasteiger partial charge on any atom is 0.225 e. The van der Waals surface area contributed by atoms with Crippen molar-refractivity contribution in [2.45, 2.75) is 64.5 Å². The highest BCUT2D eigenvalue weighted by Crippen LogP contribution is 2.28. The summed E-state index contributed by atoms with van der Waals surface area (Å²) in [5.41, 5.74) is 0. The van der Waals surface area contributed by atoms with E-state index in [-0.39, 0.29) is 23.8 Å². The highest BCUT2D eigenvalue weighted by molar-refractivity contribution is 5.89. The van der Waals surface area contributed by atoms with Gasteiger partial charge in [-0.05, 0) is 26.7 Å². The second-order valence-corrected chi connectivity index (χ2v) is 5.90. The van der Waals surface area contributed by atoms with Crippen molar-refractivity contribution < 1.29 is 9.59 Å². The first-order valence-electron chi connectivity index (χ1n) is 7.17. The van der Waals surface area contributed by atoms with Gasteiger partial charge in [-0.15, -0.1) is 0 Å². The van der Waals surface area contributed by atoms with Crippen molar-refractivity contribution in [2.24, 2.45) is 5.92 Å². The molecule has 1 aliphatic heterocycles. The number of nitrogens with zero attached hydrogens (tertiary/aromatic N) is 1. The maximum absolute atomic E-state index is 12.0. The lowest BCUT2D eigenvalue weighted by molar-refractivity contribution is -0.130. The summed E-state index contributed by atoms with van der Waals surface area (Å²) in [4.78, 5) is 25.9. The molecule has 0 spiro atoms. The SMILES string of the molecule is CC(C)NC(=O)[C@H]1CC(=O)N(C2CCCCC2)C1. The molecule has 1 saturated heterocycles. The van der Waals surface area contributed by atoms with Gasteiger partial charge in [0.1, 0.15) is 0 Å². The normalized spacial score (nSPS) is 25.8. The fourth-order valence-electron chi connectivity index (χ4n) is 3.06. The molecule has 102 valence electrons. The topological polar surface area (TPSA) is 49.4 Å². The zero-order valence-corrected chi connectivity index (χ0v) is 11.4. The average Bonchev–Trinajstić information content (AvgIpc) is 2.72. The highest BCUT2D eigenvalue weighted by atomic mass is 16.2. The van der Waals surface area contributed by atoms with E-state index in [0.717, 1.165) is 12.8 Å². The van der Waals surface area contributed by atoms with Crippen molar-refractivity contribution in [1.29, 1.82) is 0 Å². The van der Waals surface area contributed by atoms with Crippen LogP contribution in [-0.2, 0) is 9.59 Å². The van der Waals surface area contributed by atoms with Gasteiger partial charge in [-0.1, -0.05) is 19.3 Å². The summed E-state index contributed by atoms with van der Waals surface area (Å²) >= 11 is 0. The van der Waals surface area contributed by atoms with Gasteiger partial charge in [0, 0.05) is 25.0 Å². The minimum Gasteiger partial charge on any atom is -0.354 e. The van der Waals surface area contributed by atoms with E-state index >= 15 is 0 Å². The summed E-state index contributed by atoms with van der Waals surface area (Å²) in [5.74, 6) is 0.0734. The van der Waals surface area contributed by atoms with Gasteiger partial charge in [0.2, 0.25) is 11.8 Å². The Labute approximate surface area is 109 Å². The molecule has 2 amide bonds. The minimum atomic E-state index is -0.137. The van der Waals surface area contributed by atoms with Crippen LogP contribution in [0.4, 0.5) is 0 Å². The van der Waals surface area contributed by atoms with Crippen molar-refractivity contribution in [2.75, 3.05) is 6.54 Å². The molecule has 2 rings (SSSR count). The Morgan fingerprint density at radius 1 is 1.28 bits per heavy atom. The van der Waals surface area contributed by atoms with Crippen LogP contribution in [0.5, 0.6) is 0 Å². The van der Waals surface area contributed by atoms with Gasteiger partial charge in [-0.2, -0.15) is 0 Å². The third-order valence-corrected chi connectivity index (χ3v) is 3.98. The first kappa shape index (κ1) is 13.4. The van der Waals surface area contributed by atoms with E-state index in [9.17, 15) is 9.59 Å². The lowest BCUT2D eigenvalue weighted by Crippen LogP contribution is -2.40. The third-order valence-electron chi connectivity index (χ3n) is 3.98. The number of amides is 2. The van der Waals surface area contributed by atoms with Crippen LogP contribution in [0, 0.1) is 5.92 Å². The van der Waals surface area contributed by atoms with Crippen molar-refractivity contribution in [3.8, 4) is 0 Å². The molecule has 2 aliphatic rings. The maximum atomic E-state index is 12.0. The van der Waals surface area contributed by atoms with Crippen LogP contribution in [0.2, 0.25) is 0 Å². The van der Waals surface area contributed by atoms with Gasteiger partial charge in [0.15, 0.2) is 0 Å². The molecule has 2 fully saturated rings. The molecule has 0 unspecified atom stereocenters. The summed E-state index contributed by atoms with van der Waals surface area (Å²) in [6.45, 7) is 4.53. The van der Waals surface area contributed by atoms with Crippen LogP contribution in [-0.4, -0.2) is 35.3 Å². The summed E-state index contributed by atoms with van der Waals surface area (Å²) in [6, 6.07) is 0.541. The summed E-state index contributed by atoms with van der Waals surface area (Å²) in [5, 5.41) is 2.91. The number of nitrogens with one attached hydrogen (secondary N) is 1. The van der Waals surface area contributed by atoms with Crippen LogP contribution in [0.25, 0.3) is 0 Å². The van der Waals surface area contributed by atoms with E-state index in [1.54, 1.807) is 0 Å². The molecule has 0 radical (unpaired) electrons. The molecule has 4 heteroatoms. The fourth-order valence-corrected chi connectivity index (χ4v) is 3.06. The molecular weight excluding hydrogens is 228 g/mol. The molecule has 0 aromatic carbocycles. The molecule has 1 atom stereocenters. The van der Waals surface area contributed by atoms with E-state index < -0.39 is 0 Å². The molecule has 1 saturated carbocycles. The zero-order chi connectivity index (χ0) is 13.1. The van der Waals surface area contributed by atoms with Crippen LogP contribution in [0.3, 0.4) is 0 Å². The lowest BCUT2D eigenvalue weighted by Gasteiger charge is -2.31. The Bertz CT molecular complexity index is 322. The molecule has 4 nitrogen and oxygen atoms in total. The molecule has 0 bridgehead atoms. The molecule has 0 aromatic rings. The average molecular weight is 252 g/mol. The van der Waals surface area contributed by atoms with Gasteiger partial charge in [0.05, 0.1) is 5.92 Å². The predicted molar refractivity (Wildman–Crippen MR) is 70.0 cm³/mol. The second kappa shape index (κ2) is 5.72. The number of likely N-dealkylation sites (tertiary alicyclic amines) is 1. The quantitative estimate of drug-likeness (QED) is 0.831. The Balaban J connectivity index is 1.91. The summed E-state index contributed by atoms with van der Waals surface area (Å²) in [6.07, 6.45) is 6.36. The third kappa shape index (κ3) is 3.03. The second-order valence-electron chi connectivity index (χ2n) is 5.90. The van der Waals surface area contributed by atoms with Gasteiger partial charge in [-0.3, -0.25) is 9.59 Å². The van der Waals surface area contributed by atoms with Crippen LogP contribution in [0.15, 0.2) is 0 Å². The highest BCUT2D eigenvalue weighted by Gasteiger charge is 2.38. The monoisotopic (exact) mass is 252 g/mol. The van der Waals surface area contributed by atoms with E-state index in [2.05, 4.69) is 5.32 Å². The molecule has 1 heterocycles. The Hall–Kier alpha value is -1.06. The smallest absolute Gasteiger partial charge is 0.225 e. The number of rotatable bonds is 3. The van der Waals surface area contributed by atoms with Crippen molar-refractivity contribution >= 4 is 11.8 Å². The Morgan fingerprint density at radius 3 is 2.56 bits per heavy atom. The number of carbonyl (C=O) groups excluding carboxylic acids is 2. The Morgan fingerprint density at radius 2 is 1.94 bits per heavy atom. The minimum absolute atomic E-state index is 0.0386. The van der Waals surface area contributed by atoms with Gasteiger partial charge < -0.3 is 10.2 Å². The van der Waals surface area contributed by atoms with E-state index in [1.807, 2.05) is 18.7 Å². The summed E-state index contributed by atoms with van der Waals surface area (Å²) < 4.78 is 0. The Kier molecular flexibility index (Phi) is 4.25. The van der Waals surface area contributed by atoms with E-state index in [0.29, 0.717) is 19.0 Å². The van der Waals surface area contributed by atoms with Gasteiger partial charge in [0.25, 0.3) is 0 Å². The van der Waals surface area contributed by atoms with Gasteiger partial charge >= 0.3 is 0 Å². The van der Waals surface area contributed by atoms with Crippen LogP contribution < -0.4 is 5.32 Å². The molecule has 18 heavy (non-hydrogen) atoms. The van der Waals surface area contributed by atoms with Crippen LogP contribution >= 0.6 is 0 Å². The van der Waals surface area contributed by atoms with Gasteiger partial charge in [-0.25, -0.2) is 0 Å². The largest absolute Gasteiger partial charge is 0.354 e. The molecular formula is C14H24N2O2. The fraction of sp³-hybridized carbons (Fsp3) is 0.857. The number of carbonyl (C=O) groups is 2. The van der Waals surface area contributed by atoms with Crippen molar-refractivity contribution in [3.05, 3.63) is 0 Å². The number of hydrogen-bond acceptors (Lipinski definition) is 2. The first-order chi connectivity index (χ1) is 8.58. The summed E-state index contributed by atoms with van der Waals surface area (Å²) in [7, 11) is 0. The molecule has 1 N–H and O–H groups in total.